The second kappa shape index (κ2) is 6.53. The first-order valence-corrected chi connectivity index (χ1v) is 6.32. The molecule has 2 rings (SSSR count). The van der Waals surface area contributed by atoms with Gasteiger partial charge in [0.15, 0.2) is 0 Å². The summed E-state index contributed by atoms with van der Waals surface area (Å²) < 4.78 is 31.0. The first-order chi connectivity index (χ1) is 10.0. The fraction of sp³-hybridized carbons (Fsp3) is 0.231. The second-order valence-corrected chi connectivity index (χ2v) is 4.47. The van der Waals surface area contributed by atoms with Crippen LogP contribution in [-0.2, 0) is 6.54 Å². The third-order valence-electron chi connectivity index (χ3n) is 2.78. The number of carbonyl (C=O) groups excluding carboxylic acids is 1. The first kappa shape index (κ1) is 15.2. The van der Waals surface area contributed by atoms with Crippen LogP contribution in [0.25, 0.3) is 0 Å². The van der Waals surface area contributed by atoms with E-state index in [1.54, 1.807) is 0 Å². The van der Waals surface area contributed by atoms with Gasteiger partial charge in [-0.3, -0.25) is 9.36 Å². The Kier molecular flexibility index (Phi) is 4.74. The molecule has 0 bridgehead atoms. The number of alkyl halides is 2. The van der Waals surface area contributed by atoms with E-state index in [1.807, 2.05) is 0 Å². The summed E-state index contributed by atoms with van der Waals surface area (Å²) in [7, 11) is 1.43. The predicted molar refractivity (Wildman–Crippen MR) is 72.7 cm³/mol. The van der Waals surface area contributed by atoms with Crippen molar-refractivity contribution in [3.8, 4) is 5.75 Å². The number of nitrogens with one attached hydrogen (secondary N) is 1. The van der Waals surface area contributed by atoms with Gasteiger partial charge < -0.3 is 10.1 Å². The fourth-order valence-corrected chi connectivity index (χ4v) is 1.92. The van der Waals surface area contributed by atoms with Gasteiger partial charge in [-0.05, 0) is 18.2 Å². The molecule has 0 aliphatic heterocycles. The molecule has 0 saturated carbocycles. The number of hydrogen-bond donors (Lipinski definition) is 1. The van der Waals surface area contributed by atoms with Gasteiger partial charge >= 0.3 is 6.55 Å². The van der Waals surface area contributed by atoms with Crippen molar-refractivity contribution in [3.05, 3.63) is 47.0 Å². The molecule has 1 aromatic carbocycles. The largest absolute Gasteiger partial charge is 0.495 e. The van der Waals surface area contributed by atoms with Gasteiger partial charge in [-0.2, -0.15) is 8.78 Å². The molecular formula is C13H12ClF2N3O2. The van der Waals surface area contributed by atoms with Crippen LogP contribution in [0.5, 0.6) is 5.75 Å². The summed E-state index contributed by atoms with van der Waals surface area (Å²) in [5.41, 5.74) is 0.311. The summed E-state index contributed by atoms with van der Waals surface area (Å²) in [6.07, 6.45) is 2.40. The van der Waals surface area contributed by atoms with Gasteiger partial charge in [0, 0.05) is 18.0 Å². The summed E-state index contributed by atoms with van der Waals surface area (Å²) in [6, 6.07) is 4.51. The zero-order valence-corrected chi connectivity index (χ0v) is 11.8. The standard InChI is InChI=1S/C13H12ClF2N3O2/c1-21-10-6-8(2-3-9(10)14)12(20)18-7-11-17-4-5-19(11)13(15)16/h2-6,13H,7H2,1H3,(H,18,20). The number of hydrogen-bond acceptors (Lipinski definition) is 3. The molecular weight excluding hydrogens is 304 g/mol. The van der Waals surface area contributed by atoms with Crippen molar-refractivity contribution in [2.24, 2.45) is 0 Å². The molecule has 0 spiro atoms. The number of aromatic nitrogens is 2. The minimum absolute atomic E-state index is 0.0688. The number of benzene rings is 1. The van der Waals surface area contributed by atoms with Gasteiger partial charge in [0.2, 0.25) is 0 Å². The third kappa shape index (κ3) is 3.49. The van der Waals surface area contributed by atoms with Crippen LogP contribution in [-0.4, -0.2) is 22.6 Å². The Bertz CT molecular complexity index is 646. The van der Waals surface area contributed by atoms with E-state index in [9.17, 15) is 13.6 Å². The van der Waals surface area contributed by atoms with Crippen molar-refractivity contribution in [2.45, 2.75) is 13.1 Å². The van der Waals surface area contributed by atoms with Crippen LogP contribution in [0.15, 0.2) is 30.6 Å². The van der Waals surface area contributed by atoms with Crippen molar-refractivity contribution >= 4 is 17.5 Å². The summed E-state index contributed by atoms with van der Waals surface area (Å²) in [4.78, 5) is 15.7. The average molecular weight is 316 g/mol. The van der Waals surface area contributed by atoms with E-state index in [0.717, 1.165) is 6.20 Å². The minimum atomic E-state index is -2.70. The van der Waals surface area contributed by atoms with E-state index in [1.165, 1.54) is 31.5 Å². The Hall–Kier alpha value is -2.15. The summed E-state index contributed by atoms with van der Waals surface area (Å²) in [6.45, 7) is -2.81. The van der Waals surface area contributed by atoms with Crippen molar-refractivity contribution in [1.29, 1.82) is 0 Å². The molecule has 112 valence electrons. The van der Waals surface area contributed by atoms with E-state index in [4.69, 9.17) is 16.3 Å². The number of amides is 1. The summed E-state index contributed by atoms with van der Waals surface area (Å²) in [5.74, 6) is -0.00791. The number of ether oxygens (including phenoxy) is 1. The molecule has 1 heterocycles. The van der Waals surface area contributed by atoms with E-state index < -0.39 is 12.5 Å². The van der Waals surface area contributed by atoms with Crippen LogP contribution >= 0.6 is 11.6 Å². The van der Waals surface area contributed by atoms with E-state index >= 15 is 0 Å². The van der Waals surface area contributed by atoms with Gasteiger partial charge in [-0.1, -0.05) is 11.6 Å². The van der Waals surface area contributed by atoms with Gasteiger partial charge in [-0.15, -0.1) is 0 Å². The van der Waals surface area contributed by atoms with Crippen molar-refractivity contribution < 1.29 is 18.3 Å². The van der Waals surface area contributed by atoms with Crippen molar-refractivity contribution in [1.82, 2.24) is 14.9 Å². The highest BCUT2D eigenvalue weighted by Gasteiger charge is 2.13. The van der Waals surface area contributed by atoms with Crippen LogP contribution in [0, 0.1) is 0 Å². The lowest BCUT2D eigenvalue weighted by atomic mass is 10.2. The lowest BCUT2D eigenvalue weighted by molar-refractivity contribution is 0.0660. The maximum Gasteiger partial charge on any atom is 0.319 e. The molecule has 0 fully saturated rings. The highest BCUT2D eigenvalue weighted by atomic mass is 35.5. The van der Waals surface area contributed by atoms with Crippen LogP contribution in [0.3, 0.4) is 0 Å². The Balaban J connectivity index is 2.06. The second-order valence-electron chi connectivity index (χ2n) is 4.06. The Morgan fingerprint density at radius 2 is 2.29 bits per heavy atom. The molecule has 2 aromatic rings. The van der Waals surface area contributed by atoms with Gasteiger partial charge in [0.1, 0.15) is 11.6 Å². The molecule has 0 saturated heterocycles. The van der Waals surface area contributed by atoms with Gasteiger partial charge in [0.25, 0.3) is 5.91 Å². The van der Waals surface area contributed by atoms with Crippen molar-refractivity contribution in [3.63, 3.8) is 0 Å². The van der Waals surface area contributed by atoms with Crippen LogP contribution < -0.4 is 10.1 Å². The number of nitrogens with zero attached hydrogens (tertiary/aromatic N) is 2. The lowest BCUT2D eigenvalue weighted by Gasteiger charge is -2.09. The van der Waals surface area contributed by atoms with E-state index in [-0.39, 0.29) is 12.4 Å². The zero-order chi connectivity index (χ0) is 15.4. The Labute approximate surface area is 124 Å². The SMILES string of the molecule is COc1cc(C(=O)NCc2nccn2C(F)F)ccc1Cl. The molecule has 0 aliphatic rings. The van der Waals surface area contributed by atoms with Gasteiger partial charge in [-0.25, -0.2) is 4.98 Å². The molecule has 1 amide bonds. The maximum atomic E-state index is 12.6. The molecule has 5 nitrogen and oxygen atoms in total. The Morgan fingerprint density at radius 1 is 1.52 bits per heavy atom. The molecule has 0 unspecified atom stereocenters. The topological polar surface area (TPSA) is 56.1 Å². The van der Waals surface area contributed by atoms with Crippen molar-refractivity contribution in [2.75, 3.05) is 7.11 Å². The molecule has 1 N–H and O–H groups in total. The minimum Gasteiger partial charge on any atom is -0.495 e. The fourth-order valence-electron chi connectivity index (χ4n) is 1.72. The molecule has 0 radical (unpaired) electrons. The zero-order valence-electron chi connectivity index (χ0n) is 11.0. The highest BCUT2D eigenvalue weighted by molar-refractivity contribution is 6.32. The number of carbonyl (C=O) groups is 1. The summed E-state index contributed by atoms with van der Waals surface area (Å²) >= 11 is 5.86. The number of rotatable bonds is 5. The van der Waals surface area contributed by atoms with Crippen LogP contribution in [0.1, 0.15) is 22.7 Å². The first-order valence-electron chi connectivity index (χ1n) is 5.94. The molecule has 21 heavy (non-hydrogen) atoms. The molecule has 0 atom stereocenters. The quantitative estimate of drug-likeness (QED) is 0.923. The smallest absolute Gasteiger partial charge is 0.319 e. The Morgan fingerprint density at radius 3 is 2.95 bits per heavy atom. The number of methoxy groups -OCH3 is 1. The number of imidazole rings is 1. The van der Waals surface area contributed by atoms with Gasteiger partial charge in [0.05, 0.1) is 18.7 Å². The molecule has 1 aromatic heterocycles. The van der Waals surface area contributed by atoms with Crippen LogP contribution in [0.4, 0.5) is 8.78 Å². The van der Waals surface area contributed by atoms with E-state index in [2.05, 4.69) is 10.3 Å². The average Bonchev–Trinajstić information content (AvgIpc) is 2.94. The predicted octanol–water partition coefficient (Wildman–Crippen LogP) is 2.87. The van der Waals surface area contributed by atoms with Crippen LogP contribution in [0.2, 0.25) is 5.02 Å². The molecule has 8 heteroatoms. The summed E-state index contributed by atoms with van der Waals surface area (Å²) in [5, 5.41) is 2.89. The lowest BCUT2D eigenvalue weighted by Crippen LogP contribution is -2.24. The van der Waals surface area contributed by atoms with E-state index in [0.29, 0.717) is 20.9 Å². The highest BCUT2D eigenvalue weighted by Crippen LogP contribution is 2.25. The normalized spacial score (nSPS) is 10.7. The third-order valence-corrected chi connectivity index (χ3v) is 3.09. The maximum absolute atomic E-state index is 12.6. The monoisotopic (exact) mass is 315 g/mol. The number of halogens is 3. The molecule has 0 aliphatic carbocycles.